The van der Waals surface area contributed by atoms with Gasteiger partial charge < -0.3 is 26.4 Å². The molecule has 2 aromatic rings. The van der Waals surface area contributed by atoms with E-state index in [0.717, 1.165) is 10.7 Å². The third-order valence-corrected chi connectivity index (χ3v) is 2.88. The van der Waals surface area contributed by atoms with Crippen LogP contribution in [0.25, 0.3) is 5.65 Å². The Labute approximate surface area is 113 Å². The molecule has 0 saturated heterocycles. The van der Waals surface area contributed by atoms with Gasteiger partial charge in [-0.3, -0.25) is 0 Å². The Kier molecular flexibility index (Phi) is 3.97. The molecular formula is C10H15FN6O3. The summed E-state index contributed by atoms with van der Waals surface area (Å²) in [6, 6.07) is 0. The van der Waals surface area contributed by atoms with Crippen molar-refractivity contribution < 1.29 is 19.3 Å². The molecule has 0 aliphatic carbocycles. The Morgan fingerprint density at radius 2 is 2.20 bits per heavy atom. The summed E-state index contributed by atoms with van der Waals surface area (Å²) >= 11 is 0. The molecule has 0 unspecified atom stereocenters. The fourth-order valence-electron chi connectivity index (χ4n) is 1.81. The second-order valence-corrected chi connectivity index (χ2v) is 4.12. The van der Waals surface area contributed by atoms with Gasteiger partial charge in [0.15, 0.2) is 17.6 Å². The molecule has 20 heavy (non-hydrogen) atoms. The first-order valence-corrected chi connectivity index (χ1v) is 5.72. The highest BCUT2D eigenvalue weighted by molar-refractivity contribution is 5.60. The summed E-state index contributed by atoms with van der Waals surface area (Å²) in [5.41, 5.74) is 11.1. The summed E-state index contributed by atoms with van der Waals surface area (Å²) in [5.74, 6) is -0.155. The summed E-state index contributed by atoms with van der Waals surface area (Å²) < 4.78 is 20.2. The van der Waals surface area contributed by atoms with E-state index >= 15 is 0 Å². The zero-order chi connectivity index (χ0) is 14.9. The maximum Gasteiger partial charge on any atom is 0.240 e. The number of imidazole rings is 1. The highest BCUT2D eigenvalue weighted by Crippen LogP contribution is 2.25. The molecule has 6 N–H and O–H groups in total. The number of nitrogen functional groups attached to an aromatic ring is 2. The third-order valence-electron chi connectivity index (χ3n) is 2.88. The van der Waals surface area contributed by atoms with Crippen molar-refractivity contribution in [3.63, 3.8) is 0 Å². The molecular weight excluding hydrogens is 271 g/mol. The van der Waals surface area contributed by atoms with Crippen LogP contribution in [-0.4, -0.2) is 55.7 Å². The van der Waals surface area contributed by atoms with Gasteiger partial charge in [-0.2, -0.15) is 4.98 Å². The first-order valence-electron chi connectivity index (χ1n) is 5.72. The lowest BCUT2D eigenvalue weighted by atomic mass is 10.1. The predicted molar refractivity (Wildman–Crippen MR) is 67.3 cm³/mol. The minimum Gasteiger partial charge on any atom is -0.394 e. The summed E-state index contributed by atoms with van der Waals surface area (Å²) in [5, 5.41) is 22.6. The van der Waals surface area contributed by atoms with Gasteiger partial charge >= 0.3 is 0 Å². The van der Waals surface area contributed by atoms with Crippen LogP contribution in [0.5, 0.6) is 0 Å². The van der Waals surface area contributed by atoms with E-state index in [1.807, 2.05) is 0 Å². The van der Waals surface area contributed by atoms with E-state index in [2.05, 4.69) is 15.1 Å². The molecule has 3 atom stereocenters. The zero-order valence-corrected chi connectivity index (χ0v) is 10.6. The second kappa shape index (κ2) is 5.53. The first-order chi connectivity index (χ1) is 9.49. The third kappa shape index (κ3) is 2.35. The number of ether oxygens (including phenoxy) is 1. The predicted octanol–water partition coefficient (Wildman–Crippen LogP) is -1.33. The van der Waals surface area contributed by atoms with Gasteiger partial charge in [0, 0.05) is 7.11 Å². The van der Waals surface area contributed by atoms with Gasteiger partial charge in [-0.15, -0.1) is 5.10 Å². The minimum absolute atomic E-state index is 0.00381. The van der Waals surface area contributed by atoms with Crippen molar-refractivity contribution in [2.24, 2.45) is 0 Å². The Morgan fingerprint density at radius 1 is 1.50 bits per heavy atom. The smallest absolute Gasteiger partial charge is 0.240 e. The van der Waals surface area contributed by atoms with Crippen molar-refractivity contribution in [1.29, 1.82) is 0 Å². The van der Waals surface area contributed by atoms with Crippen LogP contribution in [0.3, 0.4) is 0 Å². The number of hydrogen-bond donors (Lipinski definition) is 4. The molecule has 0 fully saturated rings. The average Bonchev–Trinajstić information content (AvgIpc) is 2.83. The number of hydrogen-bond acceptors (Lipinski definition) is 8. The van der Waals surface area contributed by atoms with Crippen LogP contribution in [0.2, 0.25) is 0 Å². The van der Waals surface area contributed by atoms with Gasteiger partial charge in [-0.25, -0.2) is 13.9 Å². The van der Waals surface area contributed by atoms with Crippen LogP contribution >= 0.6 is 0 Å². The number of halogens is 1. The molecule has 0 saturated carbocycles. The molecule has 2 aromatic heterocycles. The van der Waals surface area contributed by atoms with Crippen LogP contribution in [0.15, 0.2) is 6.20 Å². The Bertz CT molecular complexity index is 602. The van der Waals surface area contributed by atoms with Crippen molar-refractivity contribution in [1.82, 2.24) is 19.6 Å². The van der Waals surface area contributed by atoms with Crippen molar-refractivity contribution in [2.75, 3.05) is 25.2 Å². The van der Waals surface area contributed by atoms with Crippen LogP contribution in [0.4, 0.5) is 16.2 Å². The lowest BCUT2D eigenvalue weighted by molar-refractivity contribution is -0.0741. The number of fused-ring (bicyclic) bond motifs is 1. The number of nitrogens with zero attached hydrogens (tertiary/aromatic N) is 4. The molecule has 0 radical (unpaired) electrons. The van der Waals surface area contributed by atoms with Gasteiger partial charge in [-0.05, 0) is 0 Å². The lowest BCUT2D eigenvalue weighted by Crippen LogP contribution is -2.35. The number of nitrogens with two attached hydrogens (primary N) is 2. The van der Waals surface area contributed by atoms with Crippen LogP contribution in [0, 0.1) is 0 Å². The standard InChI is InChI=1S/C10H15FN6O3/c1-20-5(3-18)7(19)6(11)4-2-14-9-8(12)15-10(13)16-17(4)9/h2,5-7,18-19H,3H2,1H3,(H4,12,13,15,16)/t5-,6+,7-/m1/s1. The van der Waals surface area contributed by atoms with E-state index in [4.69, 9.17) is 21.3 Å². The molecule has 2 rings (SSSR count). The van der Waals surface area contributed by atoms with E-state index in [1.54, 1.807) is 0 Å². The zero-order valence-electron chi connectivity index (χ0n) is 10.6. The van der Waals surface area contributed by atoms with E-state index in [9.17, 15) is 9.50 Å². The number of rotatable bonds is 5. The Balaban J connectivity index is 2.42. The Hall–Kier alpha value is -2.04. The van der Waals surface area contributed by atoms with Gasteiger partial charge in [0.25, 0.3) is 0 Å². The molecule has 110 valence electrons. The molecule has 0 aliphatic rings. The molecule has 0 amide bonds. The number of anilines is 2. The fraction of sp³-hybridized carbons (Fsp3) is 0.500. The van der Waals surface area contributed by atoms with Crippen molar-refractivity contribution in [3.8, 4) is 0 Å². The first kappa shape index (κ1) is 14.4. The number of methoxy groups -OCH3 is 1. The highest BCUT2D eigenvalue weighted by Gasteiger charge is 2.31. The highest BCUT2D eigenvalue weighted by atomic mass is 19.1. The maximum absolute atomic E-state index is 14.3. The monoisotopic (exact) mass is 286 g/mol. The number of aliphatic hydroxyl groups excluding tert-OH is 2. The topological polar surface area (TPSA) is 145 Å². The SMILES string of the molecule is CO[C@H](CO)[C@@H](O)[C@@H](F)c1cnc2c(N)nc(N)nn12. The van der Waals surface area contributed by atoms with Crippen LogP contribution < -0.4 is 11.5 Å². The molecule has 2 heterocycles. The summed E-state index contributed by atoms with van der Waals surface area (Å²) in [6.45, 7) is -0.534. The molecule has 10 heteroatoms. The van der Waals surface area contributed by atoms with Crippen molar-refractivity contribution in [3.05, 3.63) is 11.9 Å². The van der Waals surface area contributed by atoms with Gasteiger partial charge in [0.1, 0.15) is 17.9 Å². The van der Waals surface area contributed by atoms with E-state index < -0.39 is 25.0 Å². The largest absolute Gasteiger partial charge is 0.394 e. The maximum atomic E-state index is 14.3. The fourth-order valence-corrected chi connectivity index (χ4v) is 1.81. The summed E-state index contributed by atoms with van der Waals surface area (Å²) in [7, 11) is 1.25. The quantitative estimate of drug-likeness (QED) is 0.529. The molecule has 0 spiro atoms. The van der Waals surface area contributed by atoms with E-state index in [-0.39, 0.29) is 23.1 Å². The average molecular weight is 286 g/mol. The summed E-state index contributed by atoms with van der Waals surface area (Å²) in [4.78, 5) is 7.57. The molecule has 0 aliphatic heterocycles. The van der Waals surface area contributed by atoms with Gasteiger partial charge in [0.05, 0.1) is 12.8 Å². The number of aromatic nitrogens is 4. The van der Waals surface area contributed by atoms with Crippen LogP contribution in [0.1, 0.15) is 11.9 Å². The van der Waals surface area contributed by atoms with Gasteiger partial charge in [-0.1, -0.05) is 0 Å². The van der Waals surface area contributed by atoms with E-state index in [0.29, 0.717) is 0 Å². The molecule has 9 nitrogen and oxygen atoms in total. The minimum atomic E-state index is -1.89. The number of aliphatic hydroxyl groups is 2. The summed E-state index contributed by atoms with van der Waals surface area (Å²) in [6.07, 6.45) is -3.40. The number of alkyl halides is 1. The van der Waals surface area contributed by atoms with Crippen LogP contribution in [-0.2, 0) is 4.74 Å². The normalized spacial score (nSPS) is 16.2. The Morgan fingerprint density at radius 3 is 2.80 bits per heavy atom. The van der Waals surface area contributed by atoms with E-state index in [1.165, 1.54) is 7.11 Å². The molecule has 0 aromatic carbocycles. The lowest BCUT2D eigenvalue weighted by Gasteiger charge is -2.22. The van der Waals surface area contributed by atoms with Crippen molar-refractivity contribution in [2.45, 2.75) is 18.4 Å². The molecule has 0 bridgehead atoms. The van der Waals surface area contributed by atoms with Gasteiger partial charge in [0.2, 0.25) is 5.95 Å². The second-order valence-electron chi connectivity index (χ2n) is 4.12. The van der Waals surface area contributed by atoms with Crippen molar-refractivity contribution >= 4 is 17.4 Å².